The molecule has 0 aromatic heterocycles. The van der Waals surface area contributed by atoms with Crippen LogP contribution in [0.15, 0.2) is 47.4 Å². The van der Waals surface area contributed by atoms with Crippen molar-refractivity contribution in [1.29, 1.82) is 0 Å². The Morgan fingerprint density at radius 2 is 2.00 bits per heavy atom. The molecule has 0 spiro atoms. The first-order valence-corrected chi connectivity index (χ1v) is 7.70. The first kappa shape index (κ1) is 14.2. The fourth-order valence-corrected chi connectivity index (χ4v) is 3.18. The minimum atomic E-state index is 0.0717. The van der Waals surface area contributed by atoms with Crippen molar-refractivity contribution in [3.8, 4) is 0 Å². The molecule has 0 fully saturated rings. The molecule has 1 aliphatic heterocycles. The quantitative estimate of drug-likeness (QED) is 0.785. The fourth-order valence-electron chi connectivity index (χ4n) is 2.97. The van der Waals surface area contributed by atoms with E-state index < -0.39 is 0 Å². The van der Waals surface area contributed by atoms with Gasteiger partial charge in [-0.05, 0) is 48.6 Å². The van der Waals surface area contributed by atoms with Crippen LogP contribution in [0.4, 0.5) is 5.69 Å². The molecule has 0 aliphatic carbocycles. The molecular formula is C18H19NOS. The topological polar surface area (TPSA) is 20.3 Å². The number of hydrogen-bond acceptors (Lipinski definition) is 2. The van der Waals surface area contributed by atoms with Crippen LogP contribution in [-0.4, -0.2) is 12.5 Å². The van der Waals surface area contributed by atoms with Crippen LogP contribution >= 0.6 is 12.6 Å². The molecular weight excluding hydrogens is 278 g/mol. The lowest BCUT2D eigenvalue weighted by atomic mass is 9.93. The summed E-state index contributed by atoms with van der Waals surface area (Å²) in [4.78, 5) is 15.7. The molecule has 108 valence electrons. The third kappa shape index (κ3) is 2.70. The van der Waals surface area contributed by atoms with Gasteiger partial charge in [0.15, 0.2) is 0 Å². The number of fused-ring (bicyclic) bond motifs is 1. The van der Waals surface area contributed by atoms with Gasteiger partial charge in [0.05, 0.1) is 0 Å². The number of para-hydroxylation sites is 1. The van der Waals surface area contributed by atoms with E-state index in [9.17, 15) is 4.79 Å². The zero-order chi connectivity index (χ0) is 15.0. The average Bonchev–Trinajstić information content (AvgIpc) is 2.48. The largest absolute Gasteiger partial charge is 0.308 e. The molecule has 0 radical (unpaired) electrons. The summed E-state index contributed by atoms with van der Waals surface area (Å²) in [5.41, 5.74) is 4.04. The van der Waals surface area contributed by atoms with E-state index in [2.05, 4.69) is 25.6 Å². The smallest absolute Gasteiger partial charge is 0.258 e. The van der Waals surface area contributed by atoms with Gasteiger partial charge in [-0.2, -0.15) is 0 Å². The van der Waals surface area contributed by atoms with Crippen LogP contribution in [0, 0.1) is 12.8 Å². The molecule has 2 nitrogen and oxygen atoms in total. The van der Waals surface area contributed by atoms with E-state index in [1.54, 1.807) is 0 Å². The van der Waals surface area contributed by atoms with Crippen molar-refractivity contribution in [2.75, 3.05) is 11.4 Å². The van der Waals surface area contributed by atoms with Gasteiger partial charge in [-0.25, -0.2) is 0 Å². The summed E-state index contributed by atoms with van der Waals surface area (Å²) in [6, 6.07) is 13.9. The monoisotopic (exact) mass is 297 g/mol. The summed E-state index contributed by atoms with van der Waals surface area (Å²) in [5.74, 6) is 0.547. The molecule has 1 unspecified atom stereocenters. The van der Waals surface area contributed by atoms with Gasteiger partial charge in [-0.15, -0.1) is 12.6 Å². The van der Waals surface area contributed by atoms with E-state index in [0.717, 1.165) is 34.7 Å². The van der Waals surface area contributed by atoms with Crippen molar-refractivity contribution in [2.24, 2.45) is 5.92 Å². The Kier molecular flexibility index (Phi) is 3.77. The molecule has 1 aliphatic rings. The van der Waals surface area contributed by atoms with Crippen molar-refractivity contribution in [2.45, 2.75) is 25.2 Å². The van der Waals surface area contributed by atoms with E-state index in [1.807, 2.05) is 48.2 Å². The molecule has 3 rings (SSSR count). The first-order chi connectivity index (χ1) is 10.1. The lowest BCUT2D eigenvalue weighted by Crippen LogP contribution is -2.39. The molecule has 0 N–H and O–H groups in total. The third-order valence-electron chi connectivity index (χ3n) is 4.04. The summed E-state index contributed by atoms with van der Waals surface area (Å²) in [7, 11) is 0. The summed E-state index contributed by atoms with van der Waals surface area (Å²) in [5, 5.41) is 0. The normalized spacial score (nSPS) is 17.5. The maximum atomic E-state index is 13.0. The average molecular weight is 297 g/mol. The van der Waals surface area contributed by atoms with Gasteiger partial charge < -0.3 is 4.90 Å². The molecule has 1 amide bonds. The SMILES string of the molecule is Cc1ccc(S)cc1C(=O)N1CC(C)Cc2ccccc21. The maximum absolute atomic E-state index is 13.0. The predicted molar refractivity (Wildman–Crippen MR) is 89.4 cm³/mol. The lowest BCUT2D eigenvalue weighted by molar-refractivity contribution is 0.0980. The molecule has 1 heterocycles. The van der Waals surface area contributed by atoms with Gasteiger partial charge in [0.2, 0.25) is 0 Å². The minimum Gasteiger partial charge on any atom is -0.308 e. The standard InChI is InChI=1S/C18H19NOS/c1-12-9-14-5-3-4-6-17(14)19(11-12)18(20)16-10-15(21)8-7-13(16)2/h3-8,10,12,21H,9,11H2,1-2H3. The molecule has 2 aromatic rings. The third-order valence-corrected chi connectivity index (χ3v) is 4.32. The van der Waals surface area contributed by atoms with Crippen LogP contribution in [0.25, 0.3) is 0 Å². The second kappa shape index (κ2) is 5.57. The van der Waals surface area contributed by atoms with E-state index in [4.69, 9.17) is 0 Å². The van der Waals surface area contributed by atoms with Gasteiger partial charge in [-0.1, -0.05) is 31.2 Å². The summed E-state index contributed by atoms with van der Waals surface area (Å²) >= 11 is 4.36. The van der Waals surface area contributed by atoms with Crippen molar-refractivity contribution in [3.63, 3.8) is 0 Å². The number of amides is 1. The zero-order valence-electron chi connectivity index (χ0n) is 12.3. The highest BCUT2D eigenvalue weighted by Gasteiger charge is 2.27. The second-order valence-corrected chi connectivity index (χ2v) is 6.37. The van der Waals surface area contributed by atoms with Gasteiger partial charge in [0.1, 0.15) is 0 Å². The van der Waals surface area contributed by atoms with Crippen LogP contribution in [0.1, 0.15) is 28.4 Å². The van der Waals surface area contributed by atoms with E-state index in [-0.39, 0.29) is 5.91 Å². The Bertz CT molecular complexity index is 695. The molecule has 3 heteroatoms. The summed E-state index contributed by atoms with van der Waals surface area (Å²) in [6.45, 7) is 4.93. The Balaban J connectivity index is 2.04. The Labute approximate surface area is 131 Å². The predicted octanol–water partition coefficient (Wildman–Crippen LogP) is 4.12. The van der Waals surface area contributed by atoms with Crippen LogP contribution in [0.5, 0.6) is 0 Å². The Morgan fingerprint density at radius 1 is 1.24 bits per heavy atom. The number of aryl methyl sites for hydroxylation is 1. The highest BCUT2D eigenvalue weighted by molar-refractivity contribution is 7.80. The number of nitrogens with zero attached hydrogens (tertiary/aromatic N) is 1. The number of benzene rings is 2. The molecule has 0 saturated heterocycles. The van der Waals surface area contributed by atoms with Gasteiger partial charge in [0.25, 0.3) is 5.91 Å². The maximum Gasteiger partial charge on any atom is 0.258 e. The van der Waals surface area contributed by atoms with Crippen LogP contribution in [0.3, 0.4) is 0 Å². The lowest BCUT2D eigenvalue weighted by Gasteiger charge is -2.33. The number of anilines is 1. The van der Waals surface area contributed by atoms with Gasteiger partial charge in [-0.3, -0.25) is 4.79 Å². The highest BCUT2D eigenvalue weighted by atomic mass is 32.1. The van der Waals surface area contributed by atoms with E-state index >= 15 is 0 Å². The Hall–Kier alpha value is -1.74. The van der Waals surface area contributed by atoms with Crippen molar-refractivity contribution in [3.05, 3.63) is 59.2 Å². The second-order valence-electron chi connectivity index (χ2n) is 5.85. The van der Waals surface area contributed by atoms with Crippen LogP contribution in [-0.2, 0) is 6.42 Å². The molecule has 21 heavy (non-hydrogen) atoms. The Morgan fingerprint density at radius 3 is 2.81 bits per heavy atom. The number of thiol groups is 1. The minimum absolute atomic E-state index is 0.0717. The molecule has 2 aromatic carbocycles. The molecule has 1 atom stereocenters. The van der Waals surface area contributed by atoms with Gasteiger partial charge >= 0.3 is 0 Å². The molecule has 0 bridgehead atoms. The summed E-state index contributed by atoms with van der Waals surface area (Å²) < 4.78 is 0. The fraction of sp³-hybridized carbons (Fsp3) is 0.278. The highest BCUT2D eigenvalue weighted by Crippen LogP contribution is 2.31. The molecule has 0 saturated carbocycles. The number of hydrogen-bond donors (Lipinski definition) is 1. The van der Waals surface area contributed by atoms with Gasteiger partial charge in [0, 0.05) is 22.7 Å². The van der Waals surface area contributed by atoms with E-state index in [1.165, 1.54) is 5.56 Å². The zero-order valence-corrected chi connectivity index (χ0v) is 13.2. The van der Waals surface area contributed by atoms with Crippen LogP contribution in [0.2, 0.25) is 0 Å². The number of carbonyl (C=O) groups excluding carboxylic acids is 1. The summed E-state index contributed by atoms with van der Waals surface area (Å²) in [6.07, 6.45) is 1.03. The van der Waals surface area contributed by atoms with E-state index in [0.29, 0.717) is 5.92 Å². The van der Waals surface area contributed by atoms with Crippen LogP contribution < -0.4 is 4.90 Å². The van der Waals surface area contributed by atoms with Crippen molar-refractivity contribution >= 4 is 24.2 Å². The number of carbonyl (C=O) groups is 1. The van der Waals surface area contributed by atoms with Crippen molar-refractivity contribution in [1.82, 2.24) is 0 Å². The van der Waals surface area contributed by atoms with Crippen molar-refractivity contribution < 1.29 is 4.79 Å². The number of rotatable bonds is 1. The first-order valence-electron chi connectivity index (χ1n) is 7.25.